The van der Waals surface area contributed by atoms with Crippen molar-refractivity contribution in [2.45, 2.75) is 12.8 Å². The van der Waals surface area contributed by atoms with Crippen molar-refractivity contribution in [3.63, 3.8) is 0 Å². The second-order valence-electron chi connectivity index (χ2n) is 6.49. The quantitative estimate of drug-likeness (QED) is 0.593. The van der Waals surface area contributed by atoms with Crippen LogP contribution in [0, 0.1) is 0 Å². The summed E-state index contributed by atoms with van der Waals surface area (Å²) in [6, 6.07) is 11.4. The first kappa shape index (κ1) is 18.4. The van der Waals surface area contributed by atoms with Gasteiger partial charge >= 0.3 is 6.03 Å². The van der Waals surface area contributed by atoms with E-state index in [0.29, 0.717) is 55.7 Å². The van der Waals surface area contributed by atoms with Crippen LogP contribution < -0.4 is 20.1 Å². The van der Waals surface area contributed by atoms with E-state index < -0.39 is 0 Å². The number of fused-ring (bicyclic) bond motifs is 2. The number of aromatic amines is 1. The topological polar surface area (TPSA) is 88.3 Å². The lowest BCUT2D eigenvalue weighted by atomic mass is 10.1. The molecule has 0 aliphatic carbocycles. The Hall–Kier alpha value is -2.93. The third kappa shape index (κ3) is 4.31. The van der Waals surface area contributed by atoms with Crippen LogP contribution >= 0.6 is 11.6 Å². The van der Waals surface area contributed by atoms with Crippen LogP contribution in [0.4, 0.5) is 4.79 Å². The molecule has 0 atom stereocenters. The number of ether oxygens (including phenoxy) is 2. The van der Waals surface area contributed by atoms with Gasteiger partial charge in [-0.05, 0) is 36.2 Å². The SMILES string of the molecule is O=C(NCCc1cc(Cl)c2c(c1)OCCO2)NCCc1nc2ccccc2[nH]1. The molecule has 0 unspecified atom stereocenters. The average molecular weight is 401 g/mol. The highest BCUT2D eigenvalue weighted by Gasteiger charge is 2.16. The lowest BCUT2D eigenvalue weighted by molar-refractivity contribution is 0.171. The first-order chi connectivity index (χ1) is 13.7. The molecule has 8 heteroatoms. The van der Waals surface area contributed by atoms with Gasteiger partial charge in [-0.2, -0.15) is 0 Å². The second-order valence-corrected chi connectivity index (χ2v) is 6.89. The van der Waals surface area contributed by atoms with Crippen molar-refractivity contribution in [3.8, 4) is 11.5 Å². The van der Waals surface area contributed by atoms with Gasteiger partial charge in [0.1, 0.15) is 19.0 Å². The monoisotopic (exact) mass is 400 g/mol. The summed E-state index contributed by atoms with van der Waals surface area (Å²) >= 11 is 6.23. The second kappa shape index (κ2) is 8.39. The number of hydrogen-bond acceptors (Lipinski definition) is 4. The Morgan fingerprint density at radius 1 is 1.11 bits per heavy atom. The average Bonchev–Trinajstić information content (AvgIpc) is 3.11. The number of carbonyl (C=O) groups is 1. The molecule has 146 valence electrons. The Balaban J connectivity index is 1.21. The highest BCUT2D eigenvalue weighted by molar-refractivity contribution is 6.32. The summed E-state index contributed by atoms with van der Waals surface area (Å²) in [5.74, 6) is 2.10. The van der Waals surface area contributed by atoms with E-state index in [9.17, 15) is 4.79 Å². The summed E-state index contributed by atoms with van der Waals surface area (Å²) in [6.07, 6.45) is 1.28. The van der Waals surface area contributed by atoms with Crippen LogP contribution in [0.2, 0.25) is 5.02 Å². The molecule has 3 N–H and O–H groups in total. The van der Waals surface area contributed by atoms with Crippen LogP contribution in [0.25, 0.3) is 11.0 Å². The molecule has 1 aliphatic rings. The highest BCUT2D eigenvalue weighted by atomic mass is 35.5. The maximum atomic E-state index is 12.0. The Bertz CT molecular complexity index is 956. The van der Waals surface area contributed by atoms with Crippen molar-refractivity contribution >= 4 is 28.7 Å². The molecule has 0 bridgehead atoms. The number of benzene rings is 2. The molecule has 1 aromatic heterocycles. The van der Waals surface area contributed by atoms with E-state index in [1.54, 1.807) is 0 Å². The van der Waals surface area contributed by atoms with Gasteiger partial charge in [-0.25, -0.2) is 9.78 Å². The van der Waals surface area contributed by atoms with E-state index in [1.807, 2.05) is 36.4 Å². The lowest BCUT2D eigenvalue weighted by Gasteiger charge is -2.20. The van der Waals surface area contributed by atoms with E-state index in [-0.39, 0.29) is 6.03 Å². The fraction of sp³-hybridized carbons (Fsp3) is 0.300. The van der Waals surface area contributed by atoms with Crippen LogP contribution in [-0.2, 0) is 12.8 Å². The predicted octanol–water partition coefficient (Wildman–Crippen LogP) is 3.07. The number of nitrogens with zero attached hydrogens (tertiary/aromatic N) is 1. The summed E-state index contributed by atoms with van der Waals surface area (Å²) in [4.78, 5) is 19.7. The molecule has 1 aliphatic heterocycles. The number of H-pyrrole nitrogens is 1. The number of amides is 2. The number of para-hydroxylation sites is 2. The molecule has 7 nitrogen and oxygen atoms in total. The first-order valence-corrected chi connectivity index (χ1v) is 9.60. The summed E-state index contributed by atoms with van der Waals surface area (Å²) in [7, 11) is 0. The standard InChI is InChI=1S/C20H21ClN4O3/c21-14-11-13(12-17-19(14)28-10-9-27-17)5-7-22-20(26)23-8-6-18-24-15-3-1-2-4-16(15)25-18/h1-4,11-12H,5-10H2,(H,24,25)(H2,22,23,26). The van der Waals surface area contributed by atoms with Gasteiger partial charge in [-0.15, -0.1) is 0 Å². The molecule has 2 heterocycles. The summed E-state index contributed by atoms with van der Waals surface area (Å²) in [5.41, 5.74) is 2.91. The molecule has 0 fully saturated rings. The number of rotatable bonds is 6. The molecular formula is C20H21ClN4O3. The maximum absolute atomic E-state index is 12.0. The number of imidazole rings is 1. The maximum Gasteiger partial charge on any atom is 0.314 e. The van der Waals surface area contributed by atoms with Gasteiger partial charge in [0.15, 0.2) is 11.5 Å². The molecule has 2 amide bonds. The zero-order valence-corrected chi connectivity index (χ0v) is 16.0. The van der Waals surface area contributed by atoms with Crippen LogP contribution in [0.15, 0.2) is 36.4 Å². The normalized spacial score (nSPS) is 12.8. The number of carbonyl (C=O) groups excluding carboxylic acids is 1. The number of hydrogen-bond donors (Lipinski definition) is 3. The van der Waals surface area contributed by atoms with Crippen molar-refractivity contribution in [2.24, 2.45) is 0 Å². The van der Waals surface area contributed by atoms with Gasteiger partial charge in [0, 0.05) is 19.5 Å². The summed E-state index contributed by atoms with van der Waals surface area (Å²) in [5, 5.41) is 6.22. The minimum Gasteiger partial charge on any atom is -0.486 e. The van der Waals surface area contributed by atoms with Crippen molar-refractivity contribution in [3.05, 3.63) is 52.8 Å². The lowest BCUT2D eigenvalue weighted by Crippen LogP contribution is -2.37. The molecule has 4 rings (SSSR count). The molecule has 0 saturated carbocycles. The largest absolute Gasteiger partial charge is 0.486 e. The number of urea groups is 1. The molecule has 3 aromatic rings. The zero-order valence-electron chi connectivity index (χ0n) is 15.3. The first-order valence-electron chi connectivity index (χ1n) is 9.22. The van der Waals surface area contributed by atoms with Gasteiger partial charge in [0.25, 0.3) is 0 Å². The molecule has 0 spiro atoms. The van der Waals surface area contributed by atoms with E-state index in [2.05, 4.69) is 20.6 Å². The van der Waals surface area contributed by atoms with Gasteiger partial charge in [0.05, 0.1) is 16.1 Å². The fourth-order valence-corrected chi connectivity index (χ4v) is 3.40. The number of aromatic nitrogens is 2. The molecule has 0 saturated heterocycles. The number of nitrogens with one attached hydrogen (secondary N) is 3. The Morgan fingerprint density at radius 3 is 2.75 bits per heavy atom. The zero-order chi connectivity index (χ0) is 19.3. The van der Waals surface area contributed by atoms with E-state index in [0.717, 1.165) is 22.4 Å². The van der Waals surface area contributed by atoms with Crippen molar-refractivity contribution in [2.75, 3.05) is 26.3 Å². The summed E-state index contributed by atoms with van der Waals surface area (Å²) < 4.78 is 11.1. The van der Waals surface area contributed by atoms with Crippen molar-refractivity contribution < 1.29 is 14.3 Å². The van der Waals surface area contributed by atoms with E-state index in [1.165, 1.54) is 0 Å². The Kier molecular flexibility index (Phi) is 5.53. The van der Waals surface area contributed by atoms with Crippen LogP contribution in [0.3, 0.4) is 0 Å². The van der Waals surface area contributed by atoms with Crippen LogP contribution in [0.1, 0.15) is 11.4 Å². The fourth-order valence-electron chi connectivity index (χ4n) is 3.11. The Labute approximate surface area is 167 Å². The third-order valence-corrected chi connectivity index (χ3v) is 4.72. The molecule has 28 heavy (non-hydrogen) atoms. The van der Waals surface area contributed by atoms with Gasteiger partial charge in [-0.3, -0.25) is 0 Å². The van der Waals surface area contributed by atoms with Gasteiger partial charge < -0.3 is 25.1 Å². The van der Waals surface area contributed by atoms with Crippen molar-refractivity contribution in [1.29, 1.82) is 0 Å². The minimum atomic E-state index is -0.209. The molecule has 2 aromatic carbocycles. The molecular weight excluding hydrogens is 380 g/mol. The predicted molar refractivity (Wildman–Crippen MR) is 107 cm³/mol. The van der Waals surface area contributed by atoms with E-state index >= 15 is 0 Å². The number of halogens is 1. The minimum absolute atomic E-state index is 0.209. The van der Waals surface area contributed by atoms with Crippen molar-refractivity contribution in [1.82, 2.24) is 20.6 Å². The smallest absolute Gasteiger partial charge is 0.314 e. The van der Waals surface area contributed by atoms with Gasteiger partial charge in [-0.1, -0.05) is 23.7 Å². The van der Waals surface area contributed by atoms with Crippen LogP contribution in [0.5, 0.6) is 11.5 Å². The third-order valence-electron chi connectivity index (χ3n) is 4.44. The highest BCUT2D eigenvalue weighted by Crippen LogP contribution is 2.38. The molecule has 0 radical (unpaired) electrons. The Morgan fingerprint density at radius 2 is 1.89 bits per heavy atom. The van der Waals surface area contributed by atoms with E-state index in [4.69, 9.17) is 21.1 Å². The van der Waals surface area contributed by atoms with Gasteiger partial charge in [0.2, 0.25) is 0 Å². The summed E-state index contributed by atoms with van der Waals surface area (Å²) in [6.45, 7) is 2.01. The van der Waals surface area contributed by atoms with Crippen LogP contribution in [-0.4, -0.2) is 42.3 Å².